The first-order valence-electron chi connectivity index (χ1n) is 5.95. The highest BCUT2D eigenvalue weighted by molar-refractivity contribution is 5.98. The molecule has 3 rings (SSSR count). The number of nitrogens with zero attached hydrogens (tertiary/aromatic N) is 1. The van der Waals surface area contributed by atoms with Crippen molar-refractivity contribution in [2.75, 3.05) is 5.73 Å². The maximum atomic E-state index is 6.12. The highest BCUT2D eigenvalue weighted by atomic mass is 14.6. The van der Waals surface area contributed by atoms with Crippen molar-refractivity contribution in [3.05, 3.63) is 60.4 Å². The number of anilines is 1. The van der Waals surface area contributed by atoms with Gasteiger partial charge in [0.1, 0.15) is 0 Å². The summed E-state index contributed by atoms with van der Waals surface area (Å²) in [5.74, 6) is 0. The normalized spacial score (nSPS) is 10.7. The molecule has 0 aliphatic rings. The Morgan fingerprint density at radius 2 is 1.89 bits per heavy atom. The number of hydrogen-bond acceptors (Lipinski definition) is 2. The molecule has 2 heteroatoms. The zero-order valence-electron chi connectivity index (χ0n) is 10.2. The molecule has 0 spiro atoms. The lowest BCUT2D eigenvalue weighted by molar-refractivity contribution is 1.36. The topological polar surface area (TPSA) is 38.9 Å². The third kappa shape index (κ3) is 1.72. The largest absolute Gasteiger partial charge is 0.398 e. The molecule has 0 atom stereocenters. The minimum absolute atomic E-state index is 0.811. The van der Waals surface area contributed by atoms with E-state index in [0.29, 0.717) is 0 Å². The lowest BCUT2D eigenvalue weighted by Gasteiger charge is -2.09. The molecule has 0 saturated heterocycles. The number of aryl methyl sites for hydroxylation is 1. The van der Waals surface area contributed by atoms with Crippen molar-refractivity contribution in [1.82, 2.24) is 4.98 Å². The van der Waals surface area contributed by atoms with Crippen LogP contribution in [0.15, 0.2) is 54.9 Å². The van der Waals surface area contributed by atoms with Gasteiger partial charge in [-0.05, 0) is 35.6 Å². The van der Waals surface area contributed by atoms with E-state index < -0.39 is 0 Å². The molecule has 3 aromatic rings. The van der Waals surface area contributed by atoms with Crippen LogP contribution in [0.2, 0.25) is 0 Å². The Kier molecular flexibility index (Phi) is 2.49. The third-order valence-corrected chi connectivity index (χ3v) is 3.18. The minimum atomic E-state index is 0.811. The van der Waals surface area contributed by atoms with E-state index >= 15 is 0 Å². The van der Waals surface area contributed by atoms with Gasteiger partial charge in [0, 0.05) is 29.0 Å². The maximum absolute atomic E-state index is 6.12. The van der Waals surface area contributed by atoms with E-state index in [1.165, 1.54) is 10.9 Å². The van der Waals surface area contributed by atoms with Crippen LogP contribution in [-0.2, 0) is 0 Å². The molecule has 0 radical (unpaired) electrons. The lowest BCUT2D eigenvalue weighted by Crippen LogP contribution is -1.91. The Hall–Kier alpha value is -2.35. The molecular weight excluding hydrogens is 220 g/mol. The number of hydrogen-bond donors (Lipinski definition) is 1. The average molecular weight is 234 g/mol. The predicted molar refractivity (Wildman–Crippen MR) is 76.3 cm³/mol. The van der Waals surface area contributed by atoms with Gasteiger partial charge >= 0.3 is 0 Å². The number of fused-ring (bicyclic) bond motifs is 1. The molecule has 2 nitrogen and oxygen atoms in total. The quantitative estimate of drug-likeness (QED) is 0.650. The van der Waals surface area contributed by atoms with E-state index in [1.807, 2.05) is 31.5 Å². The van der Waals surface area contributed by atoms with Gasteiger partial charge in [0.15, 0.2) is 0 Å². The van der Waals surface area contributed by atoms with E-state index in [1.54, 1.807) is 0 Å². The van der Waals surface area contributed by atoms with Gasteiger partial charge in [-0.2, -0.15) is 0 Å². The lowest BCUT2D eigenvalue weighted by atomic mass is 9.97. The molecule has 0 fully saturated rings. The van der Waals surface area contributed by atoms with Crippen LogP contribution in [0.25, 0.3) is 21.9 Å². The van der Waals surface area contributed by atoms with Crippen LogP contribution in [0.4, 0.5) is 5.69 Å². The fraction of sp³-hybridized carbons (Fsp3) is 0.0625. The number of nitrogens with two attached hydrogens (primary N) is 1. The van der Waals surface area contributed by atoms with Gasteiger partial charge in [-0.1, -0.05) is 30.3 Å². The zero-order valence-corrected chi connectivity index (χ0v) is 10.2. The highest BCUT2D eigenvalue weighted by Crippen LogP contribution is 2.32. The van der Waals surface area contributed by atoms with E-state index in [9.17, 15) is 0 Å². The molecule has 0 aliphatic carbocycles. The summed E-state index contributed by atoms with van der Waals surface area (Å²) in [5.41, 5.74) is 10.3. The average Bonchev–Trinajstić information content (AvgIpc) is 2.38. The van der Waals surface area contributed by atoms with E-state index in [2.05, 4.69) is 35.3 Å². The Labute approximate surface area is 106 Å². The monoisotopic (exact) mass is 234 g/mol. The first-order valence-corrected chi connectivity index (χ1v) is 5.95. The summed E-state index contributed by atoms with van der Waals surface area (Å²) in [7, 11) is 0. The maximum Gasteiger partial charge on any atom is 0.0396 e. The third-order valence-electron chi connectivity index (χ3n) is 3.18. The Morgan fingerprint density at radius 1 is 1.00 bits per heavy atom. The summed E-state index contributed by atoms with van der Waals surface area (Å²) < 4.78 is 0. The van der Waals surface area contributed by atoms with Gasteiger partial charge in [0.05, 0.1) is 0 Å². The molecule has 88 valence electrons. The summed E-state index contributed by atoms with van der Waals surface area (Å²) in [4.78, 5) is 4.21. The Morgan fingerprint density at radius 3 is 2.72 bits per heavy atom. The summed E-state index contributed by atoms with van der Waals surface area (Å²) in [6.07, 6.45) is 3.70. The molecule has 2 N–H and O–H groups in total. The minimum Gasteiger partial charge on any atom is -0.398 e. The van der Waals surface area contributed by atoms with Crippen molar-refractivity contribution < 1.29 is 0 Å². The zero-order chi connectivity index (χ0) is 12.5. The van der Waals surface area contributed by atoms with Gasteiger partial charge < -0.3 is 5.73 Å². The first-order chi connectivity index (χ1) is 8.75. The second-order valence-corrected chi connectivity index (χ2v) is 4.49. The van der Waals surface area contributed by atoms with Gasteiger partial charge in [-0.25, -0.2) is 0 Å². The molecule has 18 heavy (non-hydrogen) atoms. The first kappa shape index (κ1) is 10.8. The summed E-state index contributed by atoms with van der Waals surface area (Å²) >= 11 is 0. The highest BCUT2D eigenvalue weighted by Gasteiger charge is 2.06. The second kappa shape index (κ2) is 4.15. The van der Waals surface area contributed by atoms with Crippen LogP contribution >= 0.6 is 0 Å². The summed E-state index contributed by atoms with van der Waals surface area (Å²) in [5, 5.41) is 2.32. The van der Waals surface area contributed by atoms with Gasteiger partial charge in [0.25, 0.3) is 0 Å². The van der Waals surface area contributed by atoms with Crippen LogP contribution < -0.4 is 5.73 Å². The van der Waals surface area contributed by atoms with Crippen molar-refractivity contribution in [3.8, 4) is 11.1 Å². The number of pyridine rings is 1. The molecule has 0 saturated carbocycles. The number of aromatic nitrogens is 1. The Balaban J connectivity index is 2.31. The van der Waals surface area contributed by atoms with Crippen LogP contribution in [0.5, 0.6) is 0 Å². The fourth-order valence-corrected chi connectivity index (χ4v) is 2.28. The number of nitrogen functional groups attached to an aromatic ring is 1. The van der Waals surface area contributed by atoms with Crippen molar-refractivity contribution in [2.45, 2.75) is 6.92 Å². The van der Waals surface area contributed by atoms with Crippen molar-refractivity contribution >= 4 is 16.5 Å². The van der Waals surface area contributed by atoms with Crippen molar-refractivity contribution in [2.24, 2.45) is 0 Å². The number of rotatable bonds is 1. The molecule has 1 heterocycles. The fourth-order valence-electron chi connectivity index (χ4n) is 2.28. The van der Waals surface area contributed by atoms with E-state index in [-0.39, 0.29) is 0 Å². The van der Waals surface area contributed by atoms with Crippen molar-refractivity contribution in [1.29, 1.82) is 0 Å². The van der Waals surface area contributed by atoms with Crippen LogP contribution in [-0.4, -0.2) is 4.98 Å². The molecule has 2 aromatic carbocycles. The van der Waals surface area contributed by atoms with Crippen molar-refractivity contribution in [3.63, 3.8) is 0 Å². The summed E-state index contributed by atoms with van der Waals surface area (Å²) in [6.45, 7) is 2.05. The van der Waals surface area contributed by atoms with Crippen LogP contribution in [0.1, 0.15) is 5.56 Å². The van der Waals surface area contributed by atoms with E-state index in [4.69, 9.17) is 5.73 Å². The Bertz CT molecular complexity index is 712. The molecule has 0 amide bonds. The molecular formula is C16H14N2. The van der Waals surface area contributed by atoms with Gasteiger partial charge in [-0.3, -0.25) is 4.98 Å². The summed E-state index contributed by atoms with van der Waals surface area (Å²) in [6, 6.07) is 14.4. The SMILES string of the molecule is Cc1ccc(-c2cccc3ccncc23)c(N)c1. The van der Waals surface area contributed by atoms with Gasteiger partial charge in [0.2, 0.25) is 0 Å². The predicted octanol–water partition coefficient (Wildman–Crippen LogP) is 3.79. The number of benzene rings is 2. The van der Waals surface area contributed by atoms with Crippen LogP contribution in [0, 0.1) is 6.92 Å². The smallest absolute Gasteiger partial charge is 0.0396 e. The van der Waals surface area contributed by atoms with Crippen LogP contribution in [0.3, 0.4) is 0 Å². The molecule has 1 aromatic heterocycles. The second-order valence-electron chi connectivity index (χ2n) is 4.49. The standard InChI is InChI=1S/C16H14N2/c1-11-5-6-14(16(17)9-11)13-4-2-3-12-7-8-18-10-15(12)13/h2-10H,17H2,1H3. The molecule has 0 aliphatic heterocycles. The molecule has 0 bridgehead atoms. The molecule has 0 unspecified atom stereocenters. The van der Waals surface area contributed by atoms with E-state index in [0.717, 1.165) is 22.2 Å². The van der Waals surface area contributed by atoms with Gasteiger partial charge in [-0.15, -0.1) is 0 Å².